The molecule has 3 N–H and O–H groups in total. The molecule has 1 atom stereocenters. The number of carboxylic acid groups (broad SMARTS) is 1. The molecule has 0 aliphatic rings. The van der Waals surface area contributed by atoms with Gasteiger partial charge in [0.2, 0.25) is 0 Å². The molecular formula is C10H13NO3S. The fourth-order valence-electron chi connectivity index (χ4n) is 0.940. The molecule has 1 heterocycles. The molecule has 82 valence electrons. The van der Waals surface area contributed by atoms with Crippen LogP contribution in [-0.2, 0) is 10.5 Å². The van der Waals surface area contributed by atoms with Gasteiger partial charge in [0.05, 0.1) is 5.75 Å². The third kappa shape index (κ3) is 3.81. The molecule has 0 amide bonds. The number of carbonyl (C=O) groups is 1. The van der Waals surface area contributed by atoms with Gasteiger partial charge < -0.3 is 15.3 Å². The molecule has 0 aliphatic heterocycles. The van der Waals surface area contributed by atoms with Gasteiger partial charge >= 0.3 is 5.97 Å². The van der Waals surface area contributed by atoms with Gasteiger partial charge in [0.1, 0.15) is 17.6 Å². The second kappa shape index (κ2) is 5.63. The number of hydrogen-bond acceptors (Lipinski definition) is 4. The van der Waals surface area contributed by atoms with Crippen LogP contribution in [0, 0.1) is 0 Å². The van der Waals surface area contributed by atoms with Crippen molar-refractivity contribution in [3.8, 4) is 0 Å². The van der Waals surface area contributed by atoms with Crippen LogP contribution in [-0.4, -0.2) is 22.9 Å². The maximum absolute atomic E-state index is 10.4. The summed E-state index contributed by atoms with van der Waals surface area (Å²) in [6.07, 6.45) is 1.62. The quantitative estimate of drug-likeness (QED) is 0.771. The van der Waals surface area contributed by atoms with Crippen LogP contribution in [0.1, 0.15) is 11.5 Å². The van der Waals surface area contributed by atoms with Gasteiger partial charge in [0, 0.05) is 5.75 Å². The maximum Gasteiger partial charge on any atom is 0.321 e. The van der Waals surface area contributed by atoms with Gasteiger partial charge in [-0.3, -0.25) is 4.79 Å². The fraction of sp³-hybridized carbons (Fsp3) is 0.300. The summed E-state index contributed by atoms with van der Waals surface area (Å²) in [4.78, 5) is 10.4. The average Bonchev–Trinajstić information content (AvgIpc) is 2.65. The smallest absolute Gasteiger partial charge is 0.321 e. The normalized spacial score (nSPS) is 12.3. The Morgan fingerprint density at radius 3 is 3.00 bits per heavy atom. The van der Waals surface area contributed by atoms with Gasteiger partial charge in [-0.15, -0.1) is 0 Å². The van der Waals surface area contributed by atoms with E-state index in [2.05, 4.69) is 6.58 Å². The molecule has 0 saturated carbocycles. The van der Waals surface area contributed by atoms with Gasteiger partial charge in [0.15, 0.2) is 0 Å². The van der Waals surface area contributed by atoms with Crippen LogP contribution in [0.15, 0.2) is 23.1 Å². The Balaban J connectivity index is 2.31. The van der Waals surface area contributed by atoms with Crippen LogP contribution in [0.2, 0.25) is 0 Å². The van der Waals surface area contributed by atoms with Crippen LogP contribution in [0.25, 0.3) is 6.08 Å². The third-order valence-electron chi connectivity index (χ3n) is 1.74. The lowest BCUT2D eigenvalue weighted by molar-refractivity contribution is -0.137. The molecule has 0 radical (unpaired) electrons. The van der Waals surface area contributed by atoms with E-state index < -0.39 is 12.0 Å². The van der Waals surface area contributed by atoms with Crippen LogP contribution >= 0.6 is 11.8 Å². The highest BCUT2D eigenvalue weighted by molar-refractivity contribution is 7.98. The van der Waals surface area contributed by atoms with Crippen LogP contribution in [0.4, 0.5) is 0 Å². The minimum atomic E-state index is -0.978. The second-order valence-electron chi connectivity index (χ2n) is 2.97. The van der Waals surface area contributed by atoms with Gasteiger partial charge in [0.25, 0.3) is 0 Å². The maximum atomic E-state index is 10.4. The summed E-state index contributed by atoms with van der Waals surface area (Å²) in [7, 11) is 0. The number of carboxylic acids is 1. The van der Waals surface area contributed by atoms with Crippen molar-refractivity contribution in [2.45, 2.75) is 11.8 Å². The molecule has 0 fully saturated rings. The SMILES string of the molecule is C=Cc1ccc(CSCC(N)C(=O)O)o1. The van der Waals surface area contributed by atoms with Crippen molar-refractivity contribution in [3.05, 3.63) is 30.2 Å². The monoisotopic (exact) mass is 227 g/mol. The lowest BCUT2D eigenvalue weighted by atomic mass is 10.4. The number of thioether (sulfide) groups is 1. The van der Waals surface area contributed by atoms with E-state index in [1.165, 1.54) is 11.8 Å². The number of nitrogens with two attached hydrogens (primary N) is 1. The molecule has 1 aromatic heterocycles. The topological polar surface area (TPSA) is 76.5 Å². The standard InChI is InChI=1S/C10H13NO3S/c1-2-7-3-4-8(14-7)5-15-6-9(11)10(12)13/h2-4,9H,1,5-6,11H2,(H,12,13). The molecule has 1 aromatic rings. The zero-order chi connectivity index (χ0) is 11.3. The van der Waals surface area contributed by atoms with Gasteiger partial charge in [-0.1, -0.05) is 6.58 Å². The summed E-state index contributed by atoms with van der Waals surface area (Å²) in [6.45, 7) is 3.58. The highest BCUT2D eigenvalue weighted by atomic mass is 32.2. The van der Waals surface area contributed by atoms with Crippen molar-refractivity contribution in [2.75, 3.05) is 5.75 Å². The van der Waals surface area contributed by atoms with Gasteiger partial charge in [-0.25, -0.2) is 0 Å². The Morgan fingerprint density at radius 2 is 2.47 bits per heavy atom. The van der Waals surface area contributed by atoms with Crippen LogP contribution < -0.4 is 5.73 Å². The van der Waals surface area contributed by atoms with Crippen molar-refractivity contribution in [2.24, 2.45) is 5.73 Å². The second-order valence-corrected chi connectivity index (χ2v) is 4.00. The molecule has 5 heteroatoms. The Hall–Kier alpha value is -1.20. The number of rotatable bonds is 6. The van der Waals surface area contributed by atoms with E-state index in [0.717, 1.165) is 5.76 Å². The largest absolute Gasteiger partial charge is 0.480 e. The number of aliphatic carboxylic acids is 1. The van der Waals surface area contributed by atoms with Crippen LogP contribution in [0.3, 0.4) is 0 Å². The molecule has 0 aromatic carbocycles. The zero-order valence-corrected chi connectivity index (χ0v) is 9.00. The first-order valence-electron chi connectivity index (χ1n) is 4.40. The summed E-state index contributed by atoms with van der Waals surface area (Å²) in [5.74, 6) is 1.53. The molecule has 1 unspecified atom stereocenters. The minimum Gasteiger partial charge on any atom is -0.480 e. The Morgan fingerprint density at radius 1 is 1.73 bits per heavy atom. The summed E-state index contributed by atoms with van der Waals surface area (Å²) in [6, 6.07) is 2.85. The van der Waals surface area contributed by atoms with E-state index >= 15 is 0 Å². The molecule has 4 nitrogen and oxygen atoms in total. The Kier molecular flexibility index (Phi) is 4.45. The summed E-state index contributed by atoms with van der Waals surface area (Å²) in [5, 5.41) is 8.55. The predicted octanol–water partition coefficient (Wildman–Crippen LogP) is 1.57. The fourth-order valence-corrected chi connectivity index (χ4v) is 1.81. The van der Waals surface area contributed by atoms with Crippen molar-refractivity contribution >= 4 is 23.8 Å². The molecule has 0 aliphatic carbocycles. The summed E-state index contributed by atoms with van der Waals surface area (Å²) >= 11 is 1.43. The number of hydrogen-bond donors (Lipinski definition) is 2. The third-order valence-corrected chi connectivity index (χ3v) is 2.83. The van der Waals surface area contributed by atoms with Crippen molar-refractivity contribution in [1.29, 1.82) is 0 Å². The molecule has 1 rings (SSSR count). The lowest BCUT2D eigenvalue weighted by Crippen LogP contribution is -2.32. The van der Waals surface area contributed by atoms with Gasteiger partial charge in [-0.05, 0) is 18.2 Å². The zero-order valence-electron chi connectivity index (χ0n) is 8.18. The van der Waals surface area contributed by atoms with Crippen molar-refractivity contribution in [3.63, 3.8) is 0 Å². The highest BCUT2D eigenvalue weighted by Gasteiger charge is 2.11. The van der Waals surface area contributed by atoms with E-state index in [1.807, 2.05) is 12.1 Å². The first-order chi connectivity index (χ1) is 7.13. The van der Waals surface area contributed by atoms with Gasteiger partial charge in [-0.2, -0.15) is 11.8 Å². The van der Waals surface area contributed by atoms with Crippen LogP contribution in [0.5, 0.6) is 0 Å². The Labute approximate surface area is 92.1 Å². The molecule has 15 heavy (non-hydrogen) atoms. The molecular weight excluding hydrogens is 214 g/mol. The predicted molar refractivity (Wildman–Crippen MR) is 60.6 cm³/mol. The lowest BCUT2D eigenvalue weighted by Gasteiger charge is -2.03. The molecule has 0 spiro atoms. The minimum absolute atomic E-state index is 0.374. The highest BCUT2D eigenvalue weighted by Crippen LogP contribution is 2.16. The Bertz CT molecular complexity index is 348. The first kappa shape index (κ1) is 11.9. The number of furan rings is 1. The van der Waals surface area contributed by atoms with E-state index in [0.29, 0.717) is 17.3 Å². The van der Waals surface area contributed by atoms with Crippen molar-refractivity contribution in [1.82, 2.24) is 0 Å². The molecule has 0 bridgehead atoms. The van der Waals surface area contributed by atoms with E-state index in [9.17, 15) is 4.79 Å². The average molecular weight is 227 g/mol. The van der Waals surface area contributed by atoms with Crippen molar-refractivity contribution < 1.29 is 14.3 Å². The van der Waals surface area contributed by atoms with E-state index in [-0.39, 0.29) is 0 Å². The van der Waals surface area contributed by atoms with E-state index in [1.54, 1.807) is 6.08 Å². The molecule has 0 saturated heterocycles. The van der Waals surface area contributed by atoms with E-state index in [4.69, 9.17) is 15.3 Å². The first-order valence-corrected chi connectivity index (χ1v) is 5.56. The summed E-state index contributed by atoms with van der Waals surface area (Å²) in [5.41, 5.74) is 5.34. The summed E-state index contributed by atoms with van der Waals surface area (Å²) < 4.78 is 5.35.